The SMILES string of the molecule is NC(CCC(=O)O)C(=O)OC(C(=O)O)C(=O)O. The summed E-state index contributed by atoms with van der Waals surface area (Å²) >= 11 is 0. The Hall–Kier alpha value is -2.16. The molecule has 0 aliphatic heterocycles. The van der Waals surface area contributed by atoms with Crippen molar-refractivity contribution in [2.45, 2.75) is 25.0 Å². The fourth-order valence-corrected chi connectivity index (χ4v) is 0.807. The average Bonchev–Trinajstić information content (AvgIpc) is 2.20. The molecule has 1 atom stereocenters. The molecule has 17 heavy (non-hydrogen) atoms. The maximum Gasteiger partial charge on any atom is 0.356 e. The zero-order valence-corrected chi connectivity index (χ0v) is 8.53. The molecule has 0 saturated heterocycles. The van der Waals surface area contributed by atoms with Gasteiger partial charge in [-0.25, -0.2) is 9.59 Å². The third-order valence-corrected chi connectivity index (χ3v) is 1.65. The quantitative estimate of drug-likeness (QED) is 0.302. The van der Waals surface area contributed by atoms with Crippen molar-refractivity contribution >= 4 is 23.9 Å². The van der Waals surface area contributed by atoms with Gasteiger partial charge >= 0.3 is 23.9 Å². The normalized spacial score (nSPS) is 11.9. The Kier molecular flexibility index (Phi) is 5.61. The molecule has 0 radical (unpaired) electrons. The molecule has 0 aromatic rings. The molecule has 5 N–H and O–H groups in total. The summed E-state index contributed by atoms with van der Waals surface area (Å²) in [6.07, 6.45) is -3.04. The van der Waals surface area contributed by atoms with E-state index in [4.69, 9.17) is 21.1 Å². The van der Waals surface area contributed by atoms with Crippen LogP contribution >= 0.6 is 0 Å². The Morgan fingerprint density at radius 3 is 1.88 bits per heavy atom. The van der Waals surface area contributed by atoms with Gasteiger partial charge in [-0.3, -0.25) is 9.59 Å². The Morgan fingerprint density at radius 2 is 1.53 bits per heavy atom. The van der Waals surface area contributed by atoms with Gasteiger partial charge in [-0.05, 0) is 6.42 Å². The standard InChI is InChI=1S/C8H11NO8/c9-3(1-2-4(10)11)8(16)17-5(6(12)13)7(14)15/h3,5H,1-2,9H2,(H,10,11)(H,12,13)(H,14,15). The Balaban J connectivity index is 4.36. The second kappa shape index (κ2) is 6.43. The number of hydrogen-bond donors (Lipinski definition) is 4. The molecule has 9 heteroatoms. The van der Waals surface area contributed by atoms with Crippen LogP contribution in [0.5, 0.6) is 0 Å². The first-order valence-electron chi connectivity index (χ1n) is 4.39. The van der Waals surface area contributed by atoms with Crippen LogP contribution in [0.4, 0.5) is 0 Å². The molecule has 0 rings (SSSR count). The van der Waals surface area contributed by atoms with Crippen molar-refractivity contribution in [2.24, 2.45) is 5.73 Å². The van der Waals surface area contributed by atoms with Gasteiger partial charge in [0.1, 0.15) is 6.04 Å². The summed E-state index contributed by atoms with van der Waals surface area (Å²) in [4.78, 5) is 42.0. The van der Waals surface area contributed by atoms with E-state index in [-0.39, 0.29) is 6.42 Å². The van der Waals surface area contributed by atoms with E-state index in [0.717, 1.165) is 0 Å². The third-order valence-electron chi connectivity index (χ3n) is 1.65. The fourth-order valence-electron chi connectivity index (χ4n) is 0.807. The van der Waals surface area contributed by atoms with Crippen molar-refractivity contribution in [1.29, 1.82) is 0 Å². The number of carbonyl (C=O) groups is 4. The van der Waals surface area contributed by atoms with Gasteiger partial charge < -0.3 is 25.8 Å². The monoisotopic (exact) mass is 249 g/mol. The number of carbonyl (C=O) groups excluding carboxylic acids is 1. The number of carboxylic acids is 3. The molecule has 0 spiro atoms. The molecule has 1 unspecified atom stereocenters. The number of aliphatic carboxylic acids is 3. The van der Waals surface area contributed by atoms with Gasteiger partial charge in [-0.15, -0.1) is 0 Å². The topological polar surface area (TPSA) is 164 Å². The predicted molar refractivity (Wildman–Crippen MR) is 50.0 cm³/mol. The average molecular weight is 249 g/mol. The second-order valence-corrected chi connectivity index (χ2v) is 3.03. The zero-order valence-electron chi connectivity index (χ0n) is 8.53. The van der Waals surface area contributed by atoms with Crippen molar-refractivity contribution in [3.8, 4) is 0 Å². The van der Waals surface area contributed by atoms with Gasteiger partial charge in [0.25, 0.3) is 6.10 Å². The van der Waals surface area contributed by atoms with E-state index in [9.17, 15) is 19.2 Å². The summed E-state index contributed by atoms with van der Waals surface area (Å²) in [7, 11) is 0. The molecular formula is C8H11NO8. The van der Waals surface area contributed by atoms with E-state index in [2.05, 4.69) is 4.74 Å². The lowest BCUT2D eigenvalue weighted by atomic mass is 10.2. The van der Waals surface area contributed by atoms with Gasteiger partial charge in [-0.1, -0.05) is 0 Å². The number of carboxylic acid groups (broad SMARTS) is 3. The van der Waals surface area contributed by atoms with Gasteiger partial charge in [0.2, 0.25) is 0 Å². The maximum absolute atomic E-state index is 11.1. The first kappa shape index (κ1) is 14.8. The molecule has 0 saturated carbocycles. The van der Waals surface area contributed by atoms with E-state index in [1.54, 1.807) is 0 Å². The Morgan fingerprint density at radius 1 is 1.06 bits per heavy atom. The van der Waals surface area contributed by atoms with Gasteiger partial charge in [-0.2, -0.15) is 0 Å². The molecule has 0 fully saturated rings. The highest BCUT2D eigenvalue weighted by atomic mass is 16.6. The molecule has 96 valence electrons. The van der Waals surface area contributed by atoms with Crippen LogP contribution in [0, 0.1) is 0 Å². The highest BCUT2D eigenvalue weighted by Crippen LogP contribution is 2.01. The molecular weight excluding hydrogens is 238 g/mol. The Bertz CT molecular complexity index is 324. The van der Waals surface area contributed by atoms with E-state index in [1.807, 2.05) is 0 Å². The van der Waals surface area contributed by atoms with Crippen molar-refractivity contribution in [1.82, 2.24) is 0 Å². The third kappa shape index (κ3) is 5.47. The van der Waals surface area contributed by atoms with E-state index >= 15 is 0 Å². The van der Waals surface area contributed by atoms with E-state index < -0.39 is 42.4 Å². The fraction of sp³-hybridized carbons (Fsp3) is 0.500. The number of ether oxygens (including phenoxy) is 1. The van der Waals surface area contributed by atoms with Crippen LogP contribution < -0.4 is 5.73 Å². The first-order valence-corrected chi connectivity index (χ1v) is 4.39. The van der Waals surface area contributed by atoms with Crippen molar-refractivity contribution in [3.63, 3.8) is 0 Å². The van der Waals surface area contributed by atoms with Crippen molar-refractivity contribution < 1.29 is 39.2 Å². The first-order chi connectivity index (χ1) is 7.75. The molecule has 0 aromatic heterocycles. The molecule has 0 amide bonds. The lowest BCUT2D eigenvalue weighted by Gasteiger charge is -2.13. The highest BCUT2D eigenvalue weighted by Gasteiger charge is 2.32. The number of hydrogen-bond acceptors (Lipinski definition) is 6. The second-order valence-electron chi connectivity index (χ2n) is 3.03. The zero-order chi connectivity index (χ0) is 13.6. The van der Waals surface area contributed by atoms with Gasteiger partial charge in [0, 0.05) is 6.42 Å². The van der Waals surface area contributed by atoms with E-state index in [1.165, 1.54) is 0 Å². The molecule has 0 aliphatic carbocycles. The van der Waals surface area contributed by atoms with Crippen LogP contribution in [0.1, 0.15) is 12.8 Å². The minimum absolute atomic E-state index is 0.278. The minimum Gasteiger partial charge on any atom is -0.481 e. The predicted octanol–water partition coefficient (Wildman–Crippen LogP) is -1.74. The van der Waals surface area contributed by atoms with Gasteiger partial charge in [0.05, 0.1) is 0 Å². The van der Waals surface area contributed by atoms with Crippen LogP contribution in [-0.2, 0) is 23.9 Å². The van der Waals surface area contributed by atoms with Crippen LogP contribution in [-0.4, -0.2) is 51.3 Å². The Labute approximate surface area is 94.8 Å². The summed E-state index contributed by atoms with van der Waals surface area (Å²) in [5, 5.41) is 25.1. The molecule has 9 nitrogen and oxygen atoms in total. The van der Waals surface area contributed by atoms with Crippen LogP contribution in [0.15, 0.2) is 0 Å². The summed E-state index contributed by atoms with van der Waals surface area (Å²) in [6.45, 7) is 0. The summed E-state index contributed by atoms with van der Waals surface area (Å²) in [6, 6.07) is -1.38. The van der Waals surface area contributed by atoms with Crippen LogP contribution in [0.25, 0.3) is 0 Å². The number of rotatable bonds is 7. The summed E-state index contributed by atoms with van der Waals surface area (Å²) in [5.41, 5.74) is 5.19. The minimum atomic E-state index is -2.35. The lowest BCUT2D eigenvalue weighted by Crippen LogP contribution is -2.41. The number of esters is 1. The summed E-state index contributed by atoms with van der Waals surface area (Å²) < 4.78 is 4.11. The summed E-state index contributed by atoms with van der Waals surface area (Å²) in [5.74, 6) is -6.17. The van der Waals surface area contributed by atoms with Crippen LogP contribution in [0.2, 0.25) is 0 Å². The largest absolute Gasteiger partial charge is 0.481 e. The molecule has 0 aliphatic rings. The molecule has 0 aromatic carbocycles. The smallest absolute Gasteiger partial charge is 0.356 e. The van der Waals surface area contributed by atoms with Crippen LogP contribution in [0.3, 0.4) is 0 Å². The highest BCUT2D eigenvalue weighted by molar-refractivity contribution is 5.98. The molecule has 0 bridgehead atoms. The molecule has 0 heterocycles. The number of nitrogens with two attached hydrogens (primary N) is 1. The van der Waals surface area contributed by atoms with Crippen molar-refractivity contribution in [3.05, 3.63) is 0 Å². The maximum atomic E-state index is 11.1. The lowest BCUT2D eigenvalue weighted by molar-refractivity contribution is -0.175. The van der Waals surface area contributed by atoms with Crippen molar-refractivity contribution in [2.75, 3.05) is 0 Å². The van der Waals surface area contributed by atoms with Gasteiger partial charge in [0.15, 0.2) is 0 Å². The van der Waals surface area contributed by atoms with E-state index in [0.29, 0.717) is 0 Å².